The molecular formula is C14H25N. The molecule has 1 aliphatic rings. The topological polar surface area (TPSA) is 12.0 Å². The molecule has 1 rings (SSSR count). The van der Waals surface area contributed by atoms with Gasteiger partial charge in [-0.25, -0.2) is 0 Å². The van der Waals surface area contributed by atoms with Crippen LogP contribution >= 0.6 is 0 Å². The lowest BCUT2D eigenvalue weighted by molar-refractivity contribution is 0.186. The monoisotopic (exact) mass is 207 g/mol. The first-order valence-electron chi connectivity index (χ1n) is 6.36. The zero-order valence-electron chi connectivity index (χ0n) is 10.5. The quantitative estimate of drug-likeness (QED) is 0.682. The van der Waals surface area contributed by atoms with E-state index in [1.165, 1.54) is 38.5 Å². The van der Waals surface area contributed by atoms with Crippen molar-refractivity contribution in [3.05, 3.63) is 0 Å². The van der Waals surface area contributed by atoms with E-state index in [0.717, 1.165) is 6.42 Å². The van der Waals surface area contributed by atoms with E-state index >= 15 is 0 Å². The van der Waals surface area contributed by atoms with Gasteiger partial charge in [-0.2, -0.15) is 0 Å². The number of hydrogen-bond acceptors (Lipinski definition) is 1. The Kier molecular flexibility index (Phi) is 5.19. The molecule has 1 N–H and O–H groups in total. The van der Waals surface area contributed by atoms with Crippen LogP contribution in [0.5, 0.6) is 0 Å². The highest BCUT2D eigenvalue weighted by atomic mass is 14.9. The minimum atomic E-state index is 0.574. The summed E-state index contributed by atoms with van der Waals surface area (Å²) in [6, 6.07) is 0.672. The van der Waals surface area contributed by atoms with Crippen molar-refractivity contribution >= 4 is 0 Å². The van der Waals surface area contributed by atoms with Gasteiger partial charge in [-0.3, -0.25) is 0 Å². The molecule has 0 aromatic rings. The van der Waals surface area contributed by atoms with E-state index in [9.17, 15) is 0 Å². The number of rotatable bonds is 5. The minimum absolute atomic E-state index is 0.574. The Bertz CT molecular complexity index is 227. The smallest absolute Gasteiger partial charge is 0.0129 e. The fourth-order valence-corrected chi connectivity index (χ4v) is 3.13. The van der Waals surface area contributed by atoms with Gasteiger partial charge < -0.3 is 5.32 Å². The summed E-state index contributed by atoms with van der Waals surface area (Å²) in [6.07, 6.45) is 9.24. The molecule has 1 nitrogen and oxygen atoms in total. The van der Waals surface area contributed by atoms with Gasteiger partial charge in [-0.1, -0.05) is 19.8 Å². The van der Waals surface area contributed by atoms with Gasteiger partial charge in [0.15, 0.2) is 0 Å². The first-order valence-corrected chi connectivity index (χ1v) is 6.36. The summed E-state index contributed by atoms with van der Waals surface area (Å²) in [4.78, 5) is 0. The summed E-state index contributed by atoms with van der Waals surface area (Å²) in [5.41, 5.74) is 0.574. The molecule has 0 amide bonds. The van der Waals surface area contributed by atoms with Crippen molar-refractivity contribution in [1.82, 2.24) is 5.32 Å². The van der Waals surface area contributed by atoms with Gasteiger partial charge in [0, 0.05) is 12.5 Å². The third-order valence-electron chi connectivity index (χ3n) is 4.13. The second-order valence-corrected chi connectivity index (χ2v) is 4.73. The third-order valence-corrected chi connectivity index (χ3v) is 4.13. The summed E-state index contributed by atoms with van der Waals surface area (Å²) >= 11 is 0. The van der Waals surface area contributed by atoms with Crippen molar-refractivity contribution in [3.63, 3.8) is 0 Å². The van der Waals surface area contributed by atoms with E-state index < -0.39 is 0 Å². The predicted molar refractivity (Wildman–Crippen MR) is 66.7 cm³/mol. The lowest BCUT2D eigenvalue weighted by atomic mass is 9.74. The molecule has 0 aliphatic heterocycles. The van der Waals surface area contributed by atoms with Crippen LogP contribution in [0.3, 0.4) is 0 Å². The Balaban J connectivity index is 2.56. The second-order valence-electron chi connectivity index (χ2n) is 4.73. The number of hydrogen-bond donors (Lipinski definition) is 1. The van der Waals surface area contributed by atoms with Crippen LogP contribution in [-0.2, 0) is 0 Å². The Morgan fingerprint density at radius 3 is 2.47 bits per heavy atom. The molecule has 1 heteroatoms. The summed E-state index contributed by atoms with van der Waals surface area (Å²) in [7, 11) is 2.11. The average Bonchev–Trinajstić information content (AvgIpc) is 2.74. The highest BCUT2D eigenvalue weighted by molar-refractivity contribution is 4.99. The first-order chi connectivity index (χ1) is 7.29. The number of nitrogens with one attached hydrogen (secondary N) is 1. The van der Waals surface area contributed by atoms with Crippen LogP contribution in [0.2, 0.25) is 0 Å². The molecule has 0 heterocycles. The van der Waals surface area contributed by atoms with Crippen LogP contribution in [0.4, 0.5) is 0 Å². The van der Waals surface area contributed by atoms with Crippen LogP contribution in [0.15, 0.2) is 0 Å². The molecule has 1 atom stereocenters. The van der Waals surface area contributed by atoms with Crippen molar-refractivity contribution in [1.29, 1.82) is 0 Å². The summed E-state index contributed by atoms with van der Waals surface area (Å²) in [6.45, 7) is 4.28. The fraction of sp³-hybridized carbons (Fsp3) is 0.857. The maximum absolute atomic E-state index is 3.53. The van der Waals surface area contributed by atoms with E-state index in [4.69, 9.17) is 0 Å². The van der Waals surface area contributed by atoms with Crippen LogP contribution in [0.25, 0.3) is 0 Å². The van der Waals surface area contributed by atoms with Crippen molar-refractivity contribution in [2.45, 2.75) is 64.8 Å². The lowest BCUT2D eigenvalue weighted by Gasteiger charge is -2.36. The lowest BCUT2D eigenvalue weighted by Crippen LogP contribution is -2.41. The second kappa shape index (κ2) is 6.18. The van der Waals surface area contributed by atoms with Gasteiger partial charge in [0.25, 0.3) is 0 Å². The molecule has 1 saturated carbocycles. The Morgan fingerprint density at radius 1 is 1.33 bits per heavy atom. The largest absolute Gasteiger partial charge is 0.316 e. The molecule has 15 heavy (non-hydrogen) atoms. The van der Waals surface area contributed by atoms with Gasteiger partial charge >= 0.3 is 0 Å². The maximum atomic E-state index is 3.53. The first kappa shape index (κ1) is 12.6. The summed E-state index contributed by atoms with van der Waals surface area (Å²) in [5.74, 6) is 6.18. The molecule has 1 aliphatic carbocycles. The van der Waals surface area contributed by atoms with Gasteiger partial charge in [-0.15, -0.1) is 11.8 Å². The zero-order chi connectivity index (χ0) is 11.1. The van der Waals surface area contributed by atoms with Crippen molar-refractivity contribution in [2.24, 2.45) is 5.41 Å². The molecule has 0 aromatic heterocycles. The summed E-state index contributed by atoms with van der Waals surface area (Å²) in [5, 5.41) is 3.53. The van der Waals surface area contributed by atoms with E-state index in [0.29, 0.717) is 11.5 Å². The standard InChI is InChI=1S/C14H25N/c1-4-6-7-10-13(15-3)14(5-2)11-8-9-12-14/h13,15H,5,7-12H2,1-3H3. The minimum Gasteiger partial charge on any atom is -0.316 e. The zero-order valence-corrected chi connectivity index (χ0v) is 10.5. The fourth-order valence-electron chi connectivity index (χ4n) is 3.13. The molecule has 0 bridgehead atoms. The SMILES string of the molecule is CC#CCCC(NC)C1(CC)CCCC1. The van der Waals surface area contributed by atoms with E-state index in [2.05, 4.69) is 31.1 Å². The summed E-state index contributed by atoms with van der Waals surface area (Å²) < 4.78 is 0. The molecule has 0 aromatic carbocycles. The molecule has 0 spiro atoms. The van der Waals surface area contributed by atoms with Crippen LogP contribution < -0.4 is 5.32 Å². The normalized spacial score (nSPS) is 20.7. The molecule has 0 saturated heterocycles. The van der Waals surface area contributed by atoms with Crippen LogP contribution in [-0.4, -0.2) is 13.1 Å². The van der Waals surface area contributed by atoms with Gasteiger partial charge in [-0.05, 0) is 45.1 Å². The van der Waals surface area contributed by atoms with Crippen molar-refractivity contribution in [3.8, 4) is 11.8 Å². The molecule has 86 valence electrons. The van der Waals surface area contributed by atoms with E-state index in [-0.39, 0.29) is 0 Å². The van der Waals surface area contributed by atoms with Gasteiger partial charge in [0.2, 0.25) is 0 Å². The maximum Gasteiger partial charge on any atom is 0.0129 e. The van der Waals surface area contributed by atoms with Gasteiger partial charge in [0.1, 0.15) is 0 Å². The Morgan fingerprint density at radius 2 is 2.00 bits per heavy atom. The Hall–Kier alpha value is -0.480. The van der Waals surface area contributed by atoms with Gasteiger partial charge in [0.05, 0.1) is 0 Å². The predicted octanol–water partition coefficient (Wildman–Crippen LogP) is 3.35. The Labute approximate surface area is 95.0 Å². The van der Waals surface area contributed by atoms with E-state index in [1.54, 1.807) is 0 Å². The van der Waals surface area contributed by atoms with Crippen molar-refractivity contribution in [2.75, 3.05) is 7.05 Å². The highest BCUT2D eigenvalue weighted by Gasteiger charge is 2.38. The molecular weight excluding hydrogens is 182 g/mol. The van der Waals surface area contributed by atoms with Crippen LogP contribution in [0.1, 0.15) is 58.8 Å². The van der Waals surface area contributed by atoms with Crippen molar-refractivity contribution < 1.29 is 0 Å². The molecule has 0 radical (unpaired) electrons. The molecule has 1 unspecified atom stereocenters. The third kappa shape index (κ3) is 2.98. The highest BCUT2D eigenvalue weighted by Crippen LogP contribution is 2.44. The average molecular weight is 207 g/mol. The van der Waals surface area contributed by atoms with Crippen LogP contribution in [0, 0.1) is 17.3 Å². The van der Waals surface area contributed by atoms with E-state index in [1.807, 2.05) is 6.92 Å². The molecule has 1 fully saturated rings.